The third kappa shape index (κ3) is 5.50. The number of amidine groups is 1. The Hall–Kier alpha value is -1.36. The minimum absolute atomic E-state index is 0. The molecule has 0 aliphatic heterocycles. The topological polar surface area (TPSA) is 47.6 Å². The van der Waals surface area contributed by atoms with Crippen LogP contribution >= 0.6 is 23.4 Å². The standard InChI is InChI=1S/C15H15ClN2OS.ClH/c1-19-12-8-6-11(7-9-12)10-20-15(17)18-14-5-3-2-4-13(14)16;/h2-9H,10H2,1H3,(H2,17,18);1H/p-1. The number of benzene rings is 2. The van der Waals surface area contributed by atoms with E-state index in [0.29, 0.717) is 15.9 Å². The maximum atomic E-state index is 6.03. The number of thioether (sulfide) groups is 1. The highest BCUT2D eigenvalue weighted by molar-refractivity contribution is 8.13. The van der Waals surface area contributed by atoms with Crippen molar-refractivity contribution in [1.82, 2.24) is 0 Å². The molecule has 2 aromatic rings. The van der Waals surface area contributed by atoms with E-state index in [1.807, 2.05) is 42.5 Å². The number of para-hydroxylation sites is 1. The van der Waals surface area contributed by atoms with Crippen LogP contribution in [0.2, 0.25) is 5.02 Å². The molecule has 21 heavy (non-hydrogen) atoms. The minimum Gasteiger partial charge on any atom is -1.00 e. The fourth-order valence-electron chi connectivity index (χ4n) is 1.57. The van der Waals surface area contributed by atoms with Crippen LogP contribution in [0, 0.1) is 0 Å². The van der Waals surface area contributed by atoms with Gasteiger partial charge in [-0.25, -0.2) is 4.99 Å². The minimum atomic E-state index is 0. The van der Waals surface area contributed by atoms with Crippen molar-refractivity contribution in [3.8, 4) is 5.75 Å². The van der Waals surface area contributed by atoms with E-state index in [9.17, 15) is 0 Å². The van der Waals surface area contributed by atoms with E-state index in [4.69, 9.17) is 22.1 Å². The normalized spacial score (nSPS) is 10.9. The molecule has 0 atom stereocenters. The maximum absolute atomic E-state index is 6.03. The molecule has 0 spiro atoms. The fourth-order valence-corrected chi connectivity index (χ4v) is 2.42. The molecule has 6 heteroatoms. The highest BCUT2D eigenvalue weighted by Crippen LogP contribution is 2.25. The number of hydrogen-bond donors (Lipinski definition) is 1. The Morgan fingerprint density at radius 2 is 1.86 bits per heavy atom. The fraction of sp³-hybridized carbons (Fsp3) is 0.133. The van der Waals surface area contributed by atoms with E-state index in [-0.39, 0.29) is 12.4 Å². The average Bonchev–Trinajstić information content (AvgIpc) is 2.48. The van der Waals surface area contributed by atoms with Gasteiger partial charge in [0.15, 0.2) is 5.17 Å². The molecule has 0 bridgehead atoms. The molecule has 0 aliphatic rings. The summed E-state index contributed by atoms with van der Waals surface area (Å²) in [6.45, 7) is 0. The van der Waals surface area contributed by atoms with E-state index in [1.54, 1.807) is 13.2 Å². The highest BCUT2D eigenvalue weighted by Gasteiger charge is 2.01. The lowest BCUT2D eigenvalue weighted by atomic mass is 10.2. The lowest BCUT2D eigenvalue weighted by Crippen LogP contribution is -3.00. The number of halogens is 2. The zero-order chi connectivity index (χ0) is 14.4. The molecular weight excluding hydrogens is 327 g/mol. The van der Waals surface area contributed by atoms with Gasteiger partial charge in [0.05, 0.1) is 17.8 Å². The highest BCUT2D eigenvalue weighted by atomic mass is 35.5. The van der Waals surface area contributed by atoms with Crippen LogP contribution in [0.15, 0.2) is 53.5 Å². The Kier molecular flexibility index (Phi) is 7.43. The van der Waals surface area contributed by atoms with Crippen LogP contribution in [0.25, 0.3) is 0 Å². The van der Waals surface area contributed by atoms with Gasteiger partial charge >= 0.3 is 0 Å². The molecule has 0 heterocycles. The van der Waals surface area contributed by atoms with Gasteiger partial charge in [-0.1, -0.05) is 47.6 Å². The first kappa shape index (κ1) is 17.7. The number of ether oxygens (including phenoxy) is 1. The molecule has 0 saturated carbocycles. The summed E-state index contributed by atoms with van der Waals surface area (Å²) in [6.07, 6.45) is 0. The van der Waals surface area contributed by atoms with Crippen LogP contribution in [0.5, 0.6) is 5.75 Å². The number of nitrogens with two attached hydrogens (primary N) is 1. The lowest BCUT2D eigenvalue weighted by Gasteiger charge is -2.04. The van der Waals surface area contributed by atoms with Crippen molar-refractivity contribution in [2.45, 2.75) is 5.75 Å². The summed E-state index contributed by atoms with van der Waals surface area (Å²) in [5.74, 6) is 1.60. The van der Waals surface area contributed by atoms with Crippen molar-refractivity contribution in [3.05, 3.63) is 59.1 Å². The molecule has 112 valence electrons. The maximum Gasteiger partial charge on any atom is 0.159 e. The summed E-state index contributed by atoms with van der Waals surface area (Å²) in [7, 11) is 1.65. The molecular formula is C15H15Cl2N2OS-. The summed E-state index contributed by atoms with van der Waals surface area (Å²) >= 11 is 7.51. The van der Waals surface area contributed by atoms with Crippen LogP contribution in [0.1, 0.15) is 5.56 Å². The zero-order valence-electron chi connectivity index (χ0n) is 11.4. The SMILES string of the molecule is COc1ccc(CSC(N)=Nc2ccccc2Cl)cc1.[Cl-]. The molecule has 0 unspecified atom stereocenters. The first-order chi connectivity index (χ1) is 9.69. The first-order valence-corrected chi connectivity index (χ1v) is 7.40. The van der Waals surface area contributed by atoms with Crippen LogP contribution in [-0.4, -0.2) is 12.3 Å². The summed E-state index contributed by atoms with van der Waals surface area (Å²) < 4.78 is 5.12. The largest absolute Gasteiger partial charge is 1.00 e. The molecule has 0 fully saturated rings. The third-order valence-electron chi connectivity index (χ3n) is 2.63. The monoisotopic (exact) mass is 341 g/mol. The van der Waals surface area contributed by atoms with Crippen LogP contribution in [0.3, 0.4) is 0 Å². The molecule has 0 radical (unpaired) electrons. The molecule has 0 aliphatic carbocycles. The van der Waals surface area contributed by atoms with Gasteiger partial charge in [-0.3, -0.25) is 0 Å². The Balaban J connectivity index is 0.00000220. The van der Waals surface area contributed by atoms with E-state index < -0.39 is 0 Å². The second-order valence-corrected chi connectivity index (χ2v) is 5.44. The van der Waals surface area contributed by atoms with Gasteiger partial charge in [0, 0.05) is 5.75 Å². The molecule has 0 amide bonds. The molecule has 2 aromatic carbocycles. The van der Waals surface area contributed by atoms with Crippen molar-refractivity contribution in [1.29, 1.82) is 0 Å². The summed E-state index contributed by atoms with van der Waals surface area (Å²) in [4.78, 5) is 4.31. The van der Waals surface area contributed by atoms with E-state index in [0.717, 1.165) is 17.1 Å². The summed E-state index contributed by atoms with van der Waals surface area (Å²) in [5.41, 5.74) is 7.76. The predicted molar refractivity (Wildman–Crippen MR) is 87.0 cm³/mol. The smallest absolute Gasteiger partial charge is 0.159 e. The summed E-state index contributed by atoms with van der Waals surface area (Å²) in [5, 5.41) is 1.09. The van der Waals surface area contributed by atoms with Crippen LogP contribution in [-0.2, 0) is 5.75 Å². The molecule has 0 saturated heterocycles. The molecule has 2 rings (SSSR count). The second-order valence-electron chi connectivity index (χ2n) is 4.04. The molecule has 3 nitrogen and oxygen atoms in total. The average molecular weight is 342 g/mol. The van der Waals surface area contributed by atoms with Gasteiger partial charge < -0.3 is 22.9 Å². The van der Waals surface area contributed by atoms with Gasteiger partial charge in [-0.2, -0.15) is 0 Å². The Bertz CT molecular complexity index is 603. The lowest BCUT2D eigenvalue weighted by molar-refractivity contribution is -0.00000435. The molecule has 0 aromatic heterocycles. The Morgan fingerprint density at radius 3 is 2.48 bits per heavy atom. The van der Waals surface area contributed by atoms with Gasteiger partial charge in [-0.05, 0) is 29.8 Å². The second kappa shape index (κ2) is 8.82. The first-order valence-electron chi connectivity index (χ1n) is 6.03. The van der Waals surface area contributed by atoms with Gasteiger partial charge in [0.25, 0.3) is 0 Å². The number of methoxy groups -OCH3 is 1. The quantitative estimate of drug-likeness (QED) is 0.672. The van der Waals surface area contributed by atoms with E-state index in [2.05, 4.69) is 4.99 Å². The number of rotatable bonds is 4. The van der Waals surface area contributed by atoms with Gasteiger partial charge in [0.1, 0.15) is 5.75 Å². The number of nitrogens with zero attached hydrogens (tertiary/aromatic N) is 1. The van der Waals surface area contributed by atoms with Gasteiger partial charge in [0.2, 0.25) is 0 Å². The molecule has 2 N–H and O–H groups in total. The van der Waals surface area contributed by atoms with E-state index in [1.165, 1.54) is 11.8 Å². The zero-order valence-corrected chi connectivity index (χ0v) is 13.8. The van der Waals surface area contributed by atoms with E-state index >= 15 is 0 Å². The Morgan fingerprint density at radius 1 is 1.19 bits per heavy atom. The van der Waals surface area contributed by atoms with Crippen LogP contribution in [0.4, 0.5) is 5.69 Å². The number of aliphatic imine (C=N–C) groups is 1. The van der Waals surface area contributed by atoms with Crippen molar-refractivity contribution < 1.29 is 17.1 Å². The predicted octanol–water partition coefficient (Wildman–Crippen LogP) is 1.23. The van der Waals surface area contributed by atoms with Gasteiger partial charge in [-0.15, -0.1) is 0 Å². The van der Waals surface area contributed by atoms with Crippen molar-refractivity contribution in [2.75, 3.05) is 7.11 Å². The number of hydrogen-bond acceptors (Lipinski definition) is 3. The Labute approximate surface area is 140 Å². The van der Waals surface area contributed by atoms with Crippen molar-refractivity contribution >= 4 is 34.2 Å². The van der Waals surface area contributed by atoms with Crippen molar-refractivity contribution in [3.63, 3.8) is 0 Å². The van der Waals surface area contributed by atoms with Crippen molar-refractivity contribution in [2.24, 2.45) is 10.7 Å². The summed E-state index contributed by atoms with van der Waals surface area (Å²) in [6, 6.07) is 15.2. The van der Waals surface area contributed by atoms with Crippen LogP contribution < -0.4 is 22.9 Å². The third-order valence-corrected chi connectivity index (χ3v) is 3.81.